The minimum absolute atomic E-state index is 0.0414. The Labute approximate surface area is 141 Å². The number of rotatable bonds is 6. The number of hydrogen-bond donors (Lipinski definition) is 3. The van der Waals surface area contributed by atoms with E-state index in [1.54, 1.807) is 12.4 Å². The highest BCUT2D eigenvalue weighted by atomic mass is 16.5. The molecule has 1 aliphatic rings. The Morgan fingerprint density at radius 3 is 2.67 bits per heavy atom. The van der Waals surface area contributed by atoms with Crippen LogP contribution in [0.4, 0.5) is 0 Å². The third-order valence-electron chi connectivity index (χ3n) is 4.17. The van der Waals surface area contributed by atoms with Gasteiger partial charge in [-0.25, -0.2) is 10.9 Å². The minimum Gasteiger partial charge on any atom is -0.367 e. The van der Waals surface area contributed by atoms with Crippen LogP contribution in [-0.2, 0) is 16.1 Å². The molecule has 1 amide bonds. The molecule has 6 nitrogen and oxygen atoms in total. The first-order chi connectivity index (χ1) is 11.7. The number of hydrazine groups is 1. The van der Waals surface area contributed by atoms with Gasteiger partial charge in [0.25, 0.3) is 0 Å². The second-order valence-electron chi connectivity index (χ2n) is 5.93. The maximum absolute atomic E-state index is 12.1. The third-order valence-corrected chi connectivity index (χ3v) is 4.17. The van der Waals surface area contributed by atoms with Crippen molar-refractivity contribution in [3.8, 4) is 0 Å². The lowest BCUT2D eigenvalue weighted by molar-refractivity contribution is -0.127. The highest BCUT2D eigenvalue weighted by Gasteiger charge is 2.34. The molecule has 1 saturated heterocycles. The molecule has 0 saturated carbocycles. The number of nitrogens with zero attached hydrogens (tertiary/aromatic N) is 1. The fraction of sp³-hybridized carbons (Fsp3) is 0.333. The summed E-state index contributed by atoms with van der Waals surface area (Å²) in [5.74, 6) is 0.0675. The zero-order chi connectivity index (χ0) is 16.8. The Kier molecular flexibility index (Phi) is 5.53. The fourth-order valence-corrected chi connectivity index (χ4v) is 2.81. The molecule has 3 rings (SSSR count). The van der Waals surface area contributed by atoms with Gasteiger partial charge in [0, 0.05) is 18.3 Å². The van der Waals surface area contributed by atoms with E-state index in [0.29, 0.717) is 6.61 Å². The lowest BCUT2D eigenvalue weighted by Gasteiger charge is -2.19. The zero-order valence-electron chi connectivity index (χ0n) is 13.6. The Balaban J connectivity index is 1.45. The molecular weight excluding hydrogens is 304 g/mol. The number of ether oxygens (including phenoxy) is 1. The summed E-state index contributed by atoms with van der Waals surface area (Å²) in [4.78, 5) is 16.1. The molecule has 0 spiro atoms. The Bertz CT molecular complexity index is 651. The van der Waals surface area contributed by atoms with Crippen molar-refractivity contribution < 1.29 is 9.53 Å². The number of nitrogens with one attached hydrogen (secondary N) is 3. The average molecular weight is 326 g/mol. The number of amides is 1. The third kappa shape index (κ3) is 4.17. The molecule has 1 aromatic heterocycles. The van der Waals surface area contributed by atoms with Crippen LogP contribution in [-0.4, -0.2) is 23.7 Å². The molecule has 1 aromatic carbocycles. The van der Waals surface area contributed by atoms with Crippen LogP contribution < -0.4 is 16.2 Å². The van der Waals surface area contributed by atoms with Gasteiger partial charge in [-0.15, -0.1) is 0 Å². The maximum Gasteiger partial charge on any atom is 0.247 e. The van der Waals surface area contributed by atoms with Crippen LogP contribution in [0.5, 0.6) is 0 Å². The molecule has 3 unspecified atom stereocenters. The van der Waals surface area contributed by atoms with Crippen molar-refractivity contribution in [2.24, 2.45) is 5.92 Å². The standard InChI is InChI=1S/C18H22N4O2/c1-13-17(15-7-9-19-10-8-15)21-22-18(13)20-16(23)12-24-11-14-5-3-2-4-6-14/h2-10,13,17-18,21-22H,11-12H2,1H3,(H,20,23). The smallest absolute Gasteiger partial charge is 0.247 e. The monoisotopic (exact) mass is 326 g/mol. The van der Waals surface area contributed by atoms with E-state index in [4.69, 9.17) is 4.74 Å². The van der Waals surface area contributed by atoms with Gasteiger partial charge in [0.1, 0.15) is 6.61 Å². The second-order valence-corrected chi connectivity index (χ2v) is 5.93. The van der Waals surface area contributed by atoms with Crippen LogP contribution >= 0.6 is 0 Å². The van der Waals surface area contributed by atoms with Crippen molar-refractivity contribution in [3.05, 3.63) is 66.0 Å². The van der Waals surface area contributed by atoms with Gasteiger partial charge >= 0.3 is 0 Å². The van der Waals surface area contributed by atoms with Gasteiger partial charge in [-0.05, 0) is 23.3 Å². The van der Waals surface area contributed by atoms with Crippen LogP contribution in [0.25, 0.3) is 0 Å². The van der Waals surface area contributed by atoms with E-state index in [1.807, 2.05) is 42.5 Å². The predicted molar refractivity (Wildman–Crippen MR) is 90.4 cm³/mol. The Hall–Kier alpha value is -2.28. The van der Waals surface area contributed by atoms with E-state index in [9.17, 15) is 4.79 Å². The van der Waals surface area contributed by atoms with Crippen molar-refractivity contribution in [1.29, 1.82) is 0 Å². The number of pyridine rings is 1. The van der Waals surface area contributed by atoms with Crippen LogP contribution in [0, 0.1) is 5.92 Å². The van der Waals surface area contributed by atoms with E-state index in [0.717, 1.165) is 11.1 Å². The van der Waals surface area contributed by atoms with Crippen molar-refractivity contribution in [1.82, 2.24) is 21.2 Å². The Morgan fingerprint density at radius 2 is 1.92 bits per heavy atom. The summed E-state index contributed by atoms with van der Waals surface area (Å²) < 4.78 is 5.47. The van der Waals surface area contributed by atoms with E-state index in [2.05, 4.69) is 28.1 Å². The first-order valence-electron chi connectivity index (χ1n) is 8.06. The first-order valence-corrected chi connectivity index (χ1v) is 8.06. The van der Waals surface area contributed by atoms with Gasteiger partial charge < -0.3 is 10.1 Å². The summed E-state index contributed by atoms with van der Waals surface area (Å²) in [5, 5.41) is 2.96. The minimum atomic E-state index is -0.143. The summed E-state index contributed by atoms with van der Waals surface area (Å²) >= 11 is 0. The molecule has 3 atom stereocenters. The predicted octanol–water partition coefficient (Wildman–Crippen LogP) is 1.53. The first kappa shape index (κ1) is 16.6. The van der Waals surface area contributed by atoms with Gasteiger partial charge in [0.2, 0.25) is 5.91 Å². The van der Waals surface area contributed by atoms with Crippen LogP contribution in [0.2, 0.25) is 0 Å². The molecule has 3 N–H and O–H groups in total. The van der Waals surface area contributed by atoms with Gasteiger partial charge in [-0.2, -0.15) is 0 Å². The van der Waals surface area contributed by atoms with Crippen molar-refractivity contribution in [2.45, 2.75) is 25.7 Å². The van der Waals surface area contributed by atoms with Gasteiger partial charge in [0.15, 0.2) is 0 Å². The number of carbonyl (C=O) groups is 1. The van der Waals surface area contributed by atoms with Gasteiger partial charge in [-0.1, -0.05) is 37.3 Å². The average Bonchev–Trinajstić information content (AvgIpc) is 2.97. The molecule has 126 valence electrons. The largest absolute Gasteiger partial charge is 0.367 e. The van der Waals surface area contributed by atoms with E-state index >= 15 is 0 Å². The lowest BCUT2D eigenvalue weighted by Crippen LogP contribution is -2.47. The number of carbonyl (C=O) groups excluding carboxylic acids is 1. The van der Waals surface area contributed by atoms with Crippen LogP contribution in [0.3, 0.4) is 0 Å². The Morgan fingerprint density at radius 1 is 1.17 bits per heavy atom. The van der Waals surface area contributed by atoms with Gasteiger partial charge in [0.05, 0.1) is 18.8 Å². The highest BCUT2D eigenvalue weighted by molar-refractivity contribution is 5.77. The second kappa shape index (κ2) is 8.01. The molecule has 24 heavy (non-hydrogen) atoms. The lowest BCUT2D eigenvalue weighted by atomic mass is 9.95. The highest BCUT2D eigenvalue weighted by Crippen LogP contribution is 2.26. The fourth-order valence-electron chi connectivity index (χ4n) is 2.81. The zero-order valence-corrected chi connectivity index (χ0v) is 13.6. The summed E-state index contributed by atoms with van der Waals surface area (Å²) in [6.45, 7) is 2.56. The van der Waals surface area contributed by atoms with Crippen molar-refractivity contribution in [3.63, 3.8) is 0 Å². The molecule has 1 fully saturated rings. The SMILES string of the molecule is CC1C(NC(=O)COCc2ccccc2)NNC1c1ccncc1. The summed E-state index contributed by atoms with van der Waals surface area (Å²) in [6.07, 6.45) is 3.40. The molecule has 6 heteroatoms. The molecule has 0 aliphatic carbocycles. The number of aromatic nitrogens is 1. The van der Waals surface area contributed by atoms with Crippen LogP contribution in [0.1, 0.15) is 24.1 Å². The number of benzene rings is 1. The molecule has 2 aromatic rings. The van der Waals surface area contributed by atoms with E-state index in [1.165, 1.54) is 0 Å². The molecule has 1 aliphatic heterocycles. The normalized spacial score (nSPS) is 23.1. The summed E-state index contributed by atoms with van der Waals surface area (Å²) in [6, 6.07) is 13.9. The van der Waals surface area contributed by atoms with E-state index in [-0.39, 0.29) is 30.6 Å². The molecule has 0 bridgehead atoms. The van der Waals surface area contributed by atoms with Crippen molar-refractivity contribution in [2.75, 3.05) is 6.61 Å². The van der Waals surface area contributed by atoms with Crippen molar-refractivity contribution >= 4 is 5.91 Å². The van der Waals surface area contributed by atoms with Crippen LogP contribution in [0.15, 0.2) is 54.9 Å². The van der Waals surface area contributed by atoms with E-state index < -0.39 is 0 Å². The summed E-state index contributed by atoms with van der Waals surface area (Å²) in [7, 11) is 0. The molecule has 0 radical (unpaired) electrons. The maximum atomic E-state index is 12.1. The van der Waals surface area contributed by atoms with Gasteiger partial charge in [-0.3, -0.25) is 9.78 Å². The molecule has 2 heterocycles. The summed E-state index contributed by atoms with van der Waals surface area (Å²) in [5.41, 5.74) is 8.56. The molecular formula is C18H22N4O2. The number of hydrogen-bond acceptors (Lipinski definition) is 5. The topological polar surface area (TPSA) is 75.3 Å². The quantitative estimate of drug-likeness (QED) is 0.750.